The Kier molecular flexibility index (Phi) is 11.4. The van der Waals surface area contributed by atoms with Crippen molar-refractivity contribution < 1.29 is 73.2 Å². The van der Waals surface area contributed by atoms with E-state index in [9.17, 15) is 30.0 Å². The van der Waals surface area contributed by atoms with Crippen LogP contribution in [-0.4, -0.2) is 113 Å². The van der Waals surface area contributed by atoms with Crippen molar-refractivity contribution in [1.29, 1.82) is 0 Å². The van der Waals surface area contributed by atoms with Crippen LogP contribution in [0.1, 0.15) is 53.0 Å². The summed E-state index contributed by atoms with van der Waals surface area (Å²) in [6.07, 6.45) is -8.36. The van der Waals surface area contributed by atoms with Crippen molar-refractivity contribution in [3.8, 4) is 40.6 Å². The molecule has 11 atom stereocenters. The number of carbonyl (C=O) groups is 2. The number of nitrogens with two attached hydrogens (primary N) is 2. The zero-order valence-corrected chi connectivity index (χ0v) is 33.0. The second-order valence-electron chi connectivity index (χ2n) is 15.7. The van der Waals surface area contributed by atoms with Gasteiger partial charge >= 0.3 is 11.9 Å². The van der Waals surface area contributed by atoms with E-state index < -0.39 is 92.2 Å². The van der Waals surface area contributed by atoms with Crippen LogP contribution in [0.5, 0.6) is 28.7 Å². The largest absolute Gasteiger partial charge is 0.487 e. The predicted molar refractivity (Wildman–Crippen MR) is 214 cm³/mol. The highest BCUT2D eigenvalue weighted by Crippen LogP contribution is 2.60. The van der Waals surface area contributed by atoms with E-state index in [1.807, 2.05) is 48.7 Å². The van der Waals surface area contributed by atoms with E-state index in [-0.39, 0.29) is 12.4 Å². The van der Waals surface area contributed by atoms with Crippen molar-refractivity contribution in [3.63, 3.8) is 0 Å². The molecular formula is C44H45N4O14+. The number of esters is 1. The zero-order valence-electron chi connectivity index (χ0n) is 33.0. The lowest BCUT2D eigenvalue weighted by molar-refractivity contribution is -0.851. The number of nitrogens with zero attached hydrogens (tertiary/aromatic N) is 1. The van der Waals surface area contributed by atoms with Gasteiger partial charge in [-0.1, -0.05) is 48.2 Å². The van der Waals surface area contributed by atoms with Gasteiger partial charge in [-0.15, -0.1) is 0 Å². The summed E-state index contributed by atoms with van der Waals surface area (Å²) in [5.74, 6) is 4.74. The molecule has 324 valence electrons. The van der Waals surface area contributed by atoms with Crippen LogP contribution in [-0.2, 0) is 25.6 Å². The number of nitrogens with one attached hydrogen (secondary N) is 1. The predicted octanol–water partition coefficient (Wildman–Crippen LogP) is -0.370. The third-order valence-corrected chi connectivity index (χ3v) is 11.7. The van der Waals surface area contributed by atoms with E-state index >= 15 is 0 Å². The van der Waals surface area contributed by atoms with Gasteiger partial charge < -0.3 is 70.2 Å². The number of carboxylic acids is 1. The van der Waals surface area contributed by atoms with Crippen molar-refractivity contribution in [2.75, 3.05) is 19.9 Å². The molecule has 3 aromatic rings. The second-order valence-corrected chi connectivity index (χ2v) is 15.7. The van der Waals surface area contributed by atoms with Crippen LogP contribution in [0.2, 0.25) is 0 Å². The number of fused-ring (bicyclic) bond motifs is 3. The Bertz CT molecular complexity index is 2390. The molecule has 10 N–H and O–H groups in total. The van der Waals surface area contributed by atoms with Crippen molar-refractivity contribution in [1.82, 2.24) is 0 Å². The molecule has 0 amide bonds. The molecule has 1 fully saturated rings. The number of allylic oxidation sites excluding steroid dienone is 1. The summed E-state index contributed by atoms with van der Waals surface area (Å²) in [5.41, 5.74) is 16.9. The molecule has 9 rings (SSSR count). The first-order valence-corrected chi connectivity index (χ1v) is 20.1. The number of ether oxygens (including phenoxy) is 7. The third kappa shape index (κ3) is 7.74. The lowest BCUT2D eigenvalue weighted by Gasteiger charge is -2.43. The maximum Gasteiger partial charge on any atom is 0.317 e. The van der Waals surface area contributed by atoms with Gasteiger partial charge in [0, 0.05) is 41.0 Å². The number of aliphatic imine (C=N–C) groups is 1. The van der Waals surface area contributed by atoms with Gasteiger partial charge in [0.1, 0.15) is 79.5 Å². The van der Waals surface area contributed by atoms with Crippen molar-refractivity contribution in [2.45, 2.75) is 86.4 Å². The van der Waals surface area contributed by atoms with Gasteiger partial charge in [-0.3, -0.25) is 19.5 Å². The third-order valence-electron chi connectivity index (χ3n) is 11.7. The molecule has 18 heteroatoms. The first-order valence-electron chi connectivity index (χ1n) is 20.1. The van der Waals surface area contributed by atoms with Gasteiger partial charge in [-0.25, -0.2) is 0 Å². The number of quaternary nitrogens is 1. The Morgan fingerprint density at radius 1 is 1.02 bits per heavy atom. The Morgan fingerprint density at radius 2 is 1.84 bits per heavy atom. The van der Waals surface area contributed by atoms with Crippen LogP contribution in [0.4, 0.5) is 0 Å². The van der Waals surface area contributed by atoms with E-state index in [2.05, 4.69) is 16.8 Å². The van der Waals surface area contributed by atoms with E-state index in [1.54, 1.807) is 24.4 Å². The Morgan fingerprint density at radius 3 is 2.60 bits per heavy atom. The molecule has 6 heterocycles. The number of hydrogen-bond donors (Lipinski definition) is 8. The Balaban J connectivity index is 1.14. The van der Waals surface area contributed by atoms with Crippen LogP contribution in [0, 0.1) is 11.8 Å². The van der Waals surface area contributed by atoms with Gasteiger partial charge in [0.25, 0.3) is 0 Å². The van der Waals surface area contributed by atoms with E-state index in [0.29, 0.717) is 48.1 Å². The van der Waals surface area contributed by atoms with Crippen LogP contribution < -0.4 is 40.1 Å². The van der Waals surface area contributed by atoms with Gasteiger partial charge in [-0.05, 0) is 23.8 Å². The van der Waals surface area contributed by atoms with E-state index in [1.165, 1.54) is 0 Å². The molecule has 3 aromatic carbocycles. The number of rotatable bonds is 12. The van der Waals surface area contributed by atoms with Crippen molar-refractivity contribution >= 4 is 18.2 Å². The van der Waals surface area contributed by atoms with E-state index in [0.717, 1.165) is 32.9 Å². The summed E-state index contributed by atoms with van der Waals surface area (Å²) >= 11 is 0. The summed E-state index contributed by atoms with van der Waals surface area (Å²) in [6, 6.07) is 16.8. The SMILES string of the molecule is NC(N)[C@H](OC(=O)CC(=O)O)[C@H]1O[C@@H](Oc2cc(C[NH+]3C=C4N=CC=C4C3)c3c(c2)O[C@H]2[C@H]4c5ccc(OCO)c(c5O[C@@H]34)OCCC#C[C@@H]2c2ccccc2)[C@H](O)[C@@H](O)[C@@H]1O. The highest BCUT2D eigenvalue weighted by atomic mass is 16.7. The molecule has 6 aliphatic rings. The minimum atomic E-state index is -1.91. The van der Waals surface area contributed by atoms with Gasteiger partial charge in [-0.2, -0.15) is 0 Å². The maximum atomic E-state index is 12.4. The molecule has 0 aliphatic carbocycles. The zero-order chi connectivity index (χ0) is 43.2. The fraction of sp³-hybridized carbons (Fsp3) is 0.386. The summed E-state index contributed by atoms with van der Waals surface area (Å²) < 4.78 is 43.5. The van der Waals surface area contributed by atoms with Crippen LogP contribution >= 0.6 is 0 Å². The molecule has 0 radical (unpaired) electrons. The number of aliphatic carboxylic acids is 1. The fourth-order valence-corrected chi connectivity index (χ4v) is 8.96. The molecule has 1 unspecified atom stereocenters. The molecular weight excluding hydrogens is 808 g/mol. The summed E-state index contributed by atoms with van der Waals surface area (Å²) in [7, 11) is 0. The minimum Gasteiger partial charge on any atom is -0.487 e. The number of aliphatic hydroxyl groups is 4. The average Bonchev–Trinajstić information content (AvgIpc) is 3.96. The monoisotopic (exact) mass is 853 g/mol. The Labute approximate surface area is 354 Å². The number of carbonyl (C=O) groups excluding carboxylic acids is 1. The van der Waals surface area contributed by atoms with Gasteiger partial charge in [0.15, 0.2) is 24.4 Å². The molecule has 62 heavy (non-hydrogen) atoms. The lowest BCUT2D eigenvalue weighted by atomic mass is 9.76. The van der Waals surface area contributed by atoms with Gasteiger partial charge in [0.2, 0.25) is 12.0 Å². The smallest absolute Gasteiger partial charge is 0.317 e. The molecule has 18 nitrogen and oxygen atoms in total. The van der Waals surface area contributed by atoms with Crippen LogP contribution in [0.15, 0.2) is 83.1 Å². The van der Waals surface area contributed by atoms with Crippen molar-refractivity contribution in [2.24, 2.45) is 16.5 Å². The summed E-state index contributed by atoms with van der Waals surface area (Å²) in [5, 5.41) is 52.2. The highest BCUT2D eigenvalue weighted by Gasteiger charge is 2.53. The maximum absolute atomic E-state index is 12.4. The summed E-state index contributed by atoms with van der Waals surface area (Å²) in [6.45, 7) is 0.671. The fourth-order valence-electron chi connectivity index (χ4n) is 8.96. The number of hydrogen-bond acceptors (Lipinski definition) is 16. The Hall–Kier alpha value is -6.01. The topological polar surface area (TPSA) is 269 Å². The molecule has 4 bridgehead atoms. The molecule has 0 spiro atoms. The first kappa shape index (κ1) is 41.3. The van der Waals surface area contributed by atoms with Gasteiger partial charge in [0.05, 0.1) is 24.6 Å². The van der Waals surface area contributed by atoms with Crippen molar-refractivity contribution in [3.05, 3.63) is 100 Å². The lowest BCUT2D eigenvalue weighted by Crippen LogP contribution is -3.04. The summed E-state index contributed by atoms with van der Waals surface area (Å²) in [4.78, 5) is 29.1. The molecule has 0 aromatic heterocycles. The highest BCUT2D eigenvalue weighted by molar-refractivity contribution is 5.90. The quantitative estimate of drug-likeness (QED) is 0.0500. The molecule has 0 saturated carbocycles. The normalized spacial score (nSPS) is 29.2. The van der Waals surface area contributed by atoms with Crippen LogP contribution in [0.25, 0.3) is 0 Å². The first-order chi connectivity index (χ1) is 30.0. The number of carboxylic acid groups (broad SMARTS) is 1. The number of aliphatic hydroxyl groups excluding tert-OH is 4. The minimum absolute atomic E-state index is 0.129. The molecule has 6 aliphatic heterocycles. The standard InChI is InChI=1S/C44H44N4O14/c45-43(46)42(60-31(52)16-30(50)51)41-35(54)34(53)36(55)44(62-41)58-24-14-23(18-48-17-22-11-12-47-27(22)19-48)32-29(15-24)59-37-25(21-6-2-1-3-7-21)8-4-5-13-56-39-28(57-20-49)10-9-26-33(37)40(32)61-38(26)39/h1-3,6-7,9-12,14-15,19,25,33-37,40-44,49,53-55H,5,13,16-18,20,45-46H2,(H,50,51)/p+1/t25-,33-,34+,35+,36-,37-,40+,41+,42-,44-/m1/s1. The van der Waals surface area contributed by atoms with E-state index in [4.69, 9.17) is 49.7 Å². The average molecular weight is 854 g/mol. The molecule has 1 saturated heterocycles. The van der Waals surface area contributed by atoms with Crippen LogP contribution in [0.3, 0.4) is 0 Å². The second kappa shape index (κ2) is 17.0. The number of benzene rings is 3.